The van der Waals surface area contributed by atoms with Gasteiger partial charge in [-0.2, -0.15) is 0 Å². The van der Waals surface area contributed by atoms with Crippen LogP contribution >= 0.6 is 23.2 Å². The molecule has 0 spiro atoms. The Morgan fingerprint density at radius 3 is 2.54 bits per heavy atom. The van der Waals surface area contributed by atoms with Gasteiger partial charge in [0.1, 0.15) is 19.4 Å². The van der Waals surface area contributed by atoms with E-state index in [-0.39, 0.29) is 6.42 Å². The highest BCUT2D eigenvalue weighted by atomic mass is 35.5. The van der Waals surface area contributed by atoms with E-state index in [1.165, 1.54) is 7.05 Å². The fourth-order valence-corrected chi connectivity index (χ4v) is 2.79. The summed E-state index contributed by atoms with van der Waals surface area (Å²) in [7, 11) is 1.39. The molecule has 0 aliphatic carbocycles. The average Bonchev–Trinajstić information content (AvgIpc) is 2.54. The van der Waals surface area contributed by atoms with Gasteiger partial charge in [0.25, 0.3) is 0 Å². The van der Waals surface area contributed by atoms with E-state index in [2.05, 4.69) is 0 Å². The van der Waals surface area contributed by atoms with E-state index in [4.69, 9.17) is 27.9 Å². The molecule has 6 heteroatoms. The van der Waals surface area contributed by atoms with Crippen molar-refractivity contribution in [2.24, 2.45) is 0 Å². The van der Waals surface area contributed by atoms with Gasteiger partial charge in [-0.25, -0.2) is 4.74 Å². The molecule has 0 saturated heterocycles. The van der Waals surface area contributed by atoms with E-state index < -0.39 is 6.10 Å². The van der Waals surface area contributed by atoms with Gasteiger partial charge in [-0.3, -0.25) is 0 Å². The summed E-state index contributed by atoms with van der Waals surface area (Å²) in [5, 5.41) is 22.5. The zero-order valence-electron chi connectivity index (χ0n) is 13.5. The summed E-state index contributed by atoms with van der Waals surface area (Å²) in [6.07, 6.45) is -0.776. The van der Waals surface area contributed by atoms with Crippen LogP contribution in [-0.4, -0.2) is 22.6 Å². The molecule has 4 nitrogen and oxygen atoms in total. The lowest BCUT2D eigenvalue weighted by molar-refractivity contribution is -0.425. The average molecular weight is 368 g/mol. The monoisotopic (exact) mass is 367 g/mol. The Bertz CT molecular complexity index is 729. The van der Waals surface area contributed by atoms with Crippen LogP contribution in [0.15, 0.2) is 42.5 Å². The molecule has 2 aromatic rings. The molecule has 0 radical (unpaired) electrons. The number of hydroxylamine groups is 1. The molecule has 24 heavy (non-hydrogen) atoms. The van der Waals surface area contributed by atoms with Crippen molar-refractivity contribution in [1.82, 2.24) is 0 Å². The van der Waals surface area contributed by atoms with Crippen LogP contribution in [0.5, 0.6) is 5.75 Å². The second-order valence-electron chi connectivity index (χ2n) is 5.53. The van der Waals surface area contributed by atoms with E-state index >= 15 is 0 Å². The highest BCUT2D eigenvalue weighted by Crippen LogP contribution is 2.37. The number of aliphatic hydroxyl groups excluding tert-OH is 1. The van der Waals surface area contributed by atoms with E-state index in [1.807, 2.05) is 30.3 Å². The maximum absolute atomic E-state index is 11.3. The third kappa shape index (κ3) is 4.87. The van der Waals surface area contributed by atoms with Gasteiger partial charge in [0.15, 0.2) is 5.71 Å². The SMILES string of the molecule is C/C(CC(O)c1cc(Cl)cc(Cl)c1OCc1ccccc1)=[N+](/C)[O-]. The highest BCUT2D eigenvalue weighted by molar-refractivity contribution is 6.35. The first-order chi connectivity index (χ1) is 11.4. The van der Waals surface area contributed by atoms with Crippen molar-refractivity contribution < 1.29 is 14.6 Å². The topological polar surface area (TPSA) is 55.5 Å². The summed E-state index contributed by atoms with van der Waals surface area (Å²) in [6, 6.07) is 12.8. The van der Waals surface area contributed by atoms with Gasteiger partial charge in [0.05, 0.1) is 17.5 Å². The molecular weight excluding hydrogens is 349 g/mol. The van der Waals surface area contributed by atoms with Crippen LogP contribution < -0.4 is 4.74 Å². The van der Waals surface area contributed by atoms with E-state index in [0.29, 0.717) is 33.7 Å². The summed E-state index contributed by atoms with van der Waals surface area (Å²) in [5.41, 5.74) is 1.93. The third-order valence-electron chi connectivity index (χ3n) is 3.65. The molecule has 2 aromatic carbocycles. The first kappa shape index (κ1) is 18.6. The Labute approximate surface area is 151 Å². The van der Waals surface area contributed by atoms with E-state index in [9.17, 15) is 10.3 Å². The van der Waals surface area contributed by atoms with Crippen LogP contribution in [0, 0.1) is 5.21 Å². The van der Waals surface area contributed by atoms with Crippen LogP contribution in [-0.2, 0) is 6.61 Å². The minimum atomic E-state index is -0.941. The molecule has 0 saturated carbocycles. The fraction of sp³-hybridized carbons (Fsp3) is 0.278. The zero-order chi connectivity index (χ0) is 17.7. The van der Waals surface area contributed by atoms with Gasteiger partial charge in [0.2, 0.25) is 0 Å². The van der Waals surface area contributed by atoms with Gasteiger partial charge in [0, 0.05) is 17.5 Å². The predicted molar refractivity (Wildman–Crippen MR) is 97.0 cm³/mol. The van der Waals surface area contributed by atoms with Crippen molar-refractivity contribution in [2.75, 3.05) is 7.05 Å². The normalized spacial score (nSPS) is 13.4. The van der Waals surface area contributed by atoms with E-state index in [1.54, 1.807) is 19.1 Å². The van der Waals surface area contributed by atoms with Crippen molar-refractivity contribution in [3.05, 3.63) is 68.8 Å². The number of ether oxygens (including phenoxy) is 1. The maximum Gasteiger partial charge on any atom is 0.163 e. The van der Waals surface area contributed by atoms with Gasteiger partial charge in [-0.1, -0.05) is 53.5 Å². The second kappa shape index (κ2) is 8.38. The van der Waals surface area contributed by atoms with E-state index in [0.717, 1.165) is 10.3 Å². The summed E-state index contributed by atoms with van der Waals surface area (Å²) in [4.78, 5) is 0. The minimum Gasteiger partial charge on any atom is -0.624 e. The Hall–Kier alpha value is -1.75. The third-order valence-corrected chi connectivity index (χ3v) is 4.15. The highest BCUT2D eigenvalue weighted by Gasteiger charge is 2.20. The summed E-state index contributed by atoms with van der Waals surface area (Å²) < 4.78 is 6.54. The molecule has 128 valence electrons. The molecule has 0 aliphatic rings. The molecule has 0 aromatic heterocycles. The Kier molecular flexibility index (Phi) is 6.49. The van der Waals surface area contributed by atoms with Crippen LogP contribution in [0.4, 0.5) is 0 Å². The molecule has 0 bridgehead atoms. The summed E-state index contributed by atoms with van der Waals surface area (Å²) in [6.45, 7) is 1.97. The molecule has 0 fully saturated rings. The molecule has 2 rings (SSSR count). The lowest BCUT2D eigenvalue weighted by Gasteiger charge is -2.18. The Balaban J connectivity index is 2.28. The van der Waals surface area contributed by atoms with Crippen molar-refractivity contribution in [1.29, 1.82) is 0 Å². The molecule has 1 atom stereocenters. The number of benzene rings is 2. The van der Waals surface area contributed by atoms with Crippen LogP contribution in [0.2, 0.25) is 10.0 Å². The number of rotatable bonds is 6. The largest absolute Gasteiger partial charge is 0.624 e. The Morgan fingerprint density at radius 1 is 1.25 bits per heavy atom. The van der Waals surface area contributed by atoms with Crippen molar-refractivity contribution in [2.45, 2.75) is 26.1 Å². The number of nitrogens with zero attached hydrogens (tertiary/aromatic N) is 1. The van der Waals surface area contributed by atoms with Gasteiger partial charge in [-0.05, 0) is 17.7 Å². The molecule has 0 amide bonds. The second-order valence-corrected chi connectivity index (χ2v) is 6.38. The van der Waals surface area contributed by atoms with Gasteiger partial charge in [-0.15, -0.1) is 0 Å². The molecular formula is C18H19Cl2NO3. The molecule has 0 heterocycles. The van der Waals surface area contributed by atoms with Gasteiger partial charge < -0.3 is 15.1 Å². The lowest BCUT2D eigenvalue weighted by atomic mass is 10.0. The quantitative estimate of drug-likeness (QED) is 0.351. The van der Waals surface area contributed by atoms with Crippen molar-refractivity contribution in [3.8, 4) is 5.75 Å². The molecule has 1 unspecified atom stereocenters. The van der Waals surface area contributed by atoms with Gasteiger partial charge >= 0.3 is 0 Å². The lowest BCUT2D eigenvalue weighted by Crippen LogP contribution is -2.13. The standard InChI is InChI=1S/C18H19Cl2NO3/c1-12(21(2)23)8-17(22)15-9-14(19)10-16(20)18(15)24-11-13-6-4-3-5-7-13/h3-7,9-10,17,22H,8,11H2,1-2H3/b21-12+. The van der Waals surface area contributed by atoms with Crippen molar-refractivity contribution in [3.63, 3.8) is 0 Å². The molecule has 1 N–H and O–H groups in total. The number of hydrogen-bond acceptors (Lipinski definition) is 3. The number of halogens is 2. The molecule has 0 aliphatic heterocycles. The first-order valence-corrected chi connectivity index (χ1v) is 8.21. The predicted octanol–water partition coefficient (Wildman–Crippen LogP) is 4.60. The summed E-state index contributed by atoms with van der Waals surface area (Å²) >= 11 is 12.3. The summed E-state index contributed by atoms with van der Waals surface area (Å²) in [5.74, 6) is 0.374. The number of hydrogen-bond donors (Lipinski definition) is 1. The van der Waals surface area contributed by atoms with Crippen LogP contribution in [0.3, 0.4) is 0 Å². The van der Waals surface area contributed by atoms with Crippen molar-refractivity contribution >= 4 is 28.9 Å². The number of aliphatic hydroxyl groups is 1. The smallest absolute Gasteiger partial charge is 0.163 e. The fourth-order valence-electron chi connectivity index (χ4n) is 2.23. The zero-order valence-corrected chi connectivity index (χ0v) is 15.0. The Morgan fingerprint density at radius 2 is 1.92 bits per heavy atom. The van der Waals surface area contributed by atoms with Crippen LogP contribution in [0.25, 0.3) is 0 Å². The first-order valence-electron chi connectivity index (χ1n) is 7.45. The minimum absolute atomic E-state index is 0.165. The maximum atomic E-state index is 11.3. The van der Waals surface area contributed by atoms with Crippen LogP contribution in [0.1, 0.15) is 30.6 Å².